The molecule has 30 heavy (non-hydrogen) atoms. The van der Waals surface area contributed by atoms with Gasteiger partial charge >= 0.3 is 0 Å². The first-order valence-corrected chi connectivity index (χ1v) is 9.79. The molecule has 2 amide bonds. The van der Waals surface area contributed by atoms with Crippen molar-refractivity contribution in [3.63, 3.8) is 0 Å². The summed E-state index contributed by atoms with van der Waals surface area (Å²) in [6.07, 6.45) is 1.51. The smallest absolute Gasteiger partial charge is 0.243 e. The van der Waals surface area contributed by atoms with Crippen molar-refractivity contribution in [3.8, 4) is 5.75 Å². The second-order valence-corrected chi connectivity index (χ2v) is 7.69. The molecule has 1 aliphatic rings. The van der Waals surface area contributed by atoms with Gasteiger partial charge in [0.15, 0.2) is 11.6 Å². The summed E-state index contributed by atoms with van der Waals surface area (Å²) in [5.41, 5.74) is 3.77. The molecule has 0 radical (unpaired) electrons. The predicted molar refractivity (Wildman–Crippen MR) is 110 cm³/mol. The zero-order chi connectivity index (χ0) is 21.8. The van der Waals surface area contributed by atoms with Crippen molar-refractivity contribution in [2.45, 2.75) is 45.9 Å². The average molecular weight is 412 g/mol. The van der Waals surface area contributed by atoms with Crippen LogP contribution in [-0.4, -0.2) is 36.1 Å². The number of nitrogens with one attached hydrogen (secondary N) is 1. The highest BCUT2D eigenvalue weighted by Crippen LogP contribution is 2.23. The molecule has 1 unspecified atom stereocenters. The molecular formula is C23H25FN2O4. The molecule has 3 rings (SSSR count). The van der Waals surface area contributed by atoms with E-state index in [0.29, 0.717) is 24.9 Å². The number of halogens is 1. The van der Waals surface area contributed by atoms with Gasteiger partial charge in [0.2, 0.25) is 11.8 Å². The topological polar surface area (TPSA) is 75.7 Å². The molecule has 1 N–H and O–H groups in total. The molecule has 1 aliphatic heterocycles. The van der Waals surface area contributed by atoms with Crippen LogP contribution < -0.4 is 10.1 Å². The molecule has 1 fully saturated rings. The van der Waals surface area contributed by atoms with E-state index in [9.17, 15) is 18.8 Å². The minimum Gasteiger partial charge on any atom is -0.486 e. The maximum absolute atomic E-state index is 14.1. The zero-order valence-electron chi connectivity index (χ0n) is 17.3. The van der Waals surface area contributed by atoms with Crippen molar-refractivity contribution < 1.29 is 23.5 Å². The third kappa shape index (κ3) is 4.91. The second-order valence-electron chi connectivity index (χ2n) is 7.69. The monoisotopic (exact) mass is 412 g/mol. The van der Waals surface area contributed by atoms with Gasteiger partial charge in [0.25, 0.3) is 0 Å². The van der Waals surface area contributed by atoms with Gasteiger partial charge in [0, 0.05) is 18.5 Å². The highest BCUT2D eigenvalue weighted by atomic mass is 19.1. The van der Waals surface area contributed by atoms with Crippen LogP contribution in [0.25, 0.3) is 0 Å². The number of imide groups is 1. The highest BCUT2D eigenvalue weighted by Gasteiger charge is 2.29. The first-order chi connectivity index (χ1) is 14.3. The Morgan fingerprint density at radius 1 is 1.20 bits per heavy atom. The van der Waals surface area contributed by atoms with E-state index in [1.807, 2.05) is 30.9 Å². The average Bonchev–Trinajstić information content (AvgIpc) is 2.70. The normalized spacial score (nSPS) is 16.5. The van der Waals surface area contributed by atoms with Crippen molar-refractivity contribution in [1.82, 2.24) is 10.2 Å². The van der Waals surface area contributed by atoms with Crippen LogP contribution in [-0.2, 0) is 22.7 Å². The Morgan fingerprint density at radius 2 is 1.93 bits per heavy atom. The lowest BCUT2D eigenvalue weighted by atomic mass is 10.0. The van der Waals surface area contributed by atoms with E-state index in [1.165, 1.54) is 6.07 Å². The number of ether oxygens (including phenoxy) is 1. The SMILES string of the molecule is Cc1cc(F)c(OCc2ccc(CN(C)C3CCC(=O)NC3=O)c(C=O)c2)cc1C. The molecule has 0 saturated carbocycles. The summed E-state index contributed by atoms with van der Waals surface area (Å²) in [7, 11) is 1.79. The number of aldehydes is 1. The molecular weight excluding hydrogens is 387 g/mol. The minimum absolute atomic E-state index is 0.128. The molecule has 0 aliphatic carbocycles. The van der Waals surface area contributed by atoms with Gasteiger partial charge in [-0.2, -0.15) is 0 Å². The van der Waals surface area contributed by atoms with E-state index in [2.05, 4.69) is 5.32 Å². The number of benzene rings is 2. The fourth-order valence-electron chi connectivity index (χ4n) is 3.50. The van der Waals surface area contributed by atoms with Crippen molar-refractivity contribution in [1.29, 1.82) is 0 Å². The fourth-order valence-corrected chi connectivity index (χ4v) is 3.50. The molecule has 2 aromatic rings. The number of hydrogen-bond acceptors (Lipinski definition) is 5. The van der Waals surface area contributed by atoms with Crippen molar-refractivity contribution in [2.24, 2.45) is 0 Å². The first-order valence-electron chi connectivity index (χ1n) is 9.79. The highest BCUT2D eigenvalue weighted by molar-refractivity contribution is 6.00. The maximum atomic E-state index is 14.1. The van der Waals surface area contributed by atoms with Gasteiger partial charge in [-0.1, -0.05) is 12.1 Å². The van der Waals surface area contributed by atoms with E-state index in [1.54, 1.807) is 19.2 Å². The number of carbonyl (C=O) groups excluding carboxylic acids is 3. The summed E-state index contributed by atoms with van der Waals surface area (Å²) >= 11 is 0. The lowest BCUT2D eigenvalue weighted by molar-refractivity contribution is -0.137. The summed E-state index contributed by atoms with van der Waals surface area (Å²) in [5.74, 6) is -0.826. The molecule has 0 bridgehead atoms. The number of aryl methyl sites for hydroxylation is 2. The molecule has 7 heteroatoms. The molecule has 1 saturated heterocycles. The lowest BCUT2D eigenvalue weighted by Gasteiger charge is -2.30. The van der Waals surface area contributed by atoms with Gasteiger partial charge < -0.3 is 4.74 Å². The second kappa shape index (κ2) is 9.17. The van der Waals surface area contributed by atoms with Crippen molar-refractivity contribution in [3.05, 3.63) is 64.0 Å². The van der Waals surface area contributed by atoms with E-state index < -0.39 is 11.9 Å². The summed E-state index contributed by atoms with van der Waals surface area (Å²) in [6, 6.07) is 8.02. The largest absolute Gasteiger partial charge is 0.486 e. The van der Waals surface area contributed by atoms with Crippen molar-refractivity contribution in [2.75, 3.05) is 7.05 Å². The van der Waals surface area contributed by atoms with E-state index in [0.717, 1.165) is 28.5 Å². The zero-order valence-corrected chi connectivity index (χ0v) is 17.3. The molecule has 158 valence electrons. The Labute approximate surface area is 175 Å². The van der Waals surface area contributed by atoms with Gasteiger partial charge in [0.1, 0.15) is 12.9 Å². The summed E-state index contributed by atoms with van der Waals surface area (Å²) in [4.78, 5) is 36.8. The Kier molecular flexibility index (Phi) is 6.62. The Balaban J connectivity index is 1.69. The number of nitrogens with zero attached hydrogens (tertiary/aromatic N) is 1. The molecule has 0 spiro atoms. The van der Waals surface area contributed by atoms with Crippen LogP contribution in [0.3, 0.4) is 0 Å². The lowest BCUT2D eigenvalue weighted by Crippen LogP contribution is -2.51. The number of piperidine rings is 1. The quantitative estimate of drug-likeness (QED) is 0.559. The van der Waals surface area contributed by atoms with Gasteiger partial charge in [-0.15, -0.1) is 0 Å². The van der Waals surface area contributed by atoms with E-state index >= 15 is 0 Å². The first kappa shape index (κ1) is 21.6. The van der Waals surface area contributed by atoms with E-state index in [-0.39, 0.29) is 24.2 Å². The molecule has 0 aromatic heterocycles. The van der Waals surface area contributed by atoms with Crippen LogP contribution in [0.15, 0.2) is 30.3 Å². The third-order valence-corrected chi connectivity index (χ3v) is 5.44. The molecule has 1 heterocycles. The Bertz CT molecular complexity index is 989. The molecule has 6 nitrogen and oxygen atoms in total. The van der Waals surface area contributed by atoms with Crippen LogP contribution in [0.2, 0.25) is 0 Å². The number of rotatable bonds is 7. The van der Waals surface area contributed by atoms with Crippen LogP contribution in [0, 0.1) is 19.7 Å². The van der Waals surface area contributed by atoms with E-state index in [4.69, 9.17) is 4.74 Å². The summed E-state index contributed by atoms with van der Waals surface area (Å²) in [6.45, 7) is 4.24. The standard InChI is InChI=1S/C23H25FN2O4/c1-14-8-19(24)21(9-15(14)2)30-13-16-4-5-17(18(10-16)12-27)11-26(3)20-6-7-22(28)25-23(20)29/h4-5,8-10,12,20H,6-7,11,13H2,1-3H3,(H,25,28,29). The summed E-state index contributed by atoms with van der Waals surface area (Å²) < 4.78 is 19.7. The number of amides is 2. The molecule has 1 atom stereocenters. The van der Waals surface area contributed by atoms with Gasteiger partial charge in [-0.3, -0.25) is 24.6 Å². The minimum atomic E-state index is -0.420. The summed E-state index contributed by atoms with van der Waals surface area (Å²) in [5, 5.41) is 2.34. The number of carbonyl (C=O) groups is 3. The predicted octanol–water partition coefficient (Wildman–Crippen LogP) is 3.07. The molecule has 2 aromatic carbocycles. The van der Waals surface area contributed by atoms with Crippen LogP contribution >= 0.6 is 0 Å². The van der Waals surface area contributed by atoms with Crippen LogP contribution in [0.5, 0.6) is 5.75 Å². The number of likely N-dealkylation sites (N-methyl/N-ethyl adjacent to an activating group) is 1. The van der Waals surface area contributed by atoms with Gasteiger partial charge in [-0.05, 0) is 67.8 Å². The number of hydrogen-bond donors (Lipinski definition) is 1. The van der Waals surface area contributed by atoms with Crippen LogP contribution in [0.1, 0.15) is 45.5 Å². The maximum Gasteiger partial charge on any atom is 0.243 e. The van der Waals surface area contributed by atoms with Gasteiger partial charge in [0.05, 0.1) is 6.04 Å². The Hall–Kier alpha value is -3.06. The van der Waals surface area contributed by atoms with Crippen molar-refractivity contribution >= 4 is 18.1 Å². The van der Waals surface area contributed by atoms with Crippen LogP contribution in [0.4, 0.5) is 4.39 Å². The fraction of sp³-hybridized carbons (Fsp3) is 0.348. The Morgan fingerprint density at radius 3 is 2.63 bits per heavy atom. The van der Waals surface area contributed by atoms with Gasteiger partial charge in [-0.25, -0.2) is 4.39 Å². The third-order valence-electron chi connectivity index (χ3n) is 5.44.